The molecule has 1 aromatic rings. The largest absolute Gasteiger partial charge is 0.271 e. The maximum atomic E-state index is 5.51. The maximum Gasteiger partial charge on any atom is 0.0242 e. The third-order valence-corrected chi connectivity index (χ3v) is 3.62. The average molecular weight is 196 g/mol. The van der Waals surface area contributed by atoms with Crippen molar-refractivity contribution in [1.82, 2.24) is 5.43 Å². The van der Waals surface area contributed by atoms with Crippen LogP contribution in [0.4, 0.5) is 0 Å². The summed E-state index contributed by atoms with van der Waals surface area (Å²) >= 11 is 1.84. The van der Waals surface area contributed by atoms with Crippen molar-refractivity contribution in [2.45, 2.75) is 31.7 Å². The minimum absolute atomic E-state index is 0.544. The van der Waals surface area contributed by atoms with Crippen LogP contribution >= 0.6 is 11.3 Å². The molecule has 1 aromatic heterocycles. The number of nitrogens with two attached hydrogens (primary N) is 1. The Hall–Kier alpha value is -0.380. The topological polar surface area (TPSA) is 38.0 Å². The van der Waals surface area contributed by atoms with Crippen LogP contribution in [0.5, 0.6) is 0 Å². The fourth-order valence-electron chi connectivity index (χ4n) is 1.71. The molecule has 1 aliphatic carbocycles. The van der Waals surface area contributed by atoms with Crippen LogP contribution in [-0.2, 0) is 6.42 Å². The Morgan fingerprint density at radius 2 is 2.46 bits per heavy atom. The molecule has 2 nitrogen and oxygen atoms in total. The van der Waals surface area contributed by atoms with E-state index in [0.29, 0.717) is 6.04 Å². The summed E-state index contributed by atoms with van der Waals surface area (Å²) < 4.78 is 0. The van der Waals surface area contributed by atoms with Gasteiger partial charge in [0.05, 0.1) is 0 Å². The fraction of sp³-hybridized carbons (Fsp3) is 0.600. The van der Waals surface area contributed by atoms with E-state index in [2.05, 4.69) is 22.9 Å². The Kier molecular flexibility index (Phi) is 2.98. The summed E-state index contributed by atoms with van der Waals surface area (Å²) in [4.78, 5) is 1.47. The third kappa shape index (κ3) is 2.53. The van der Waals surface area contributed by atoms with E-state index in [1.807, 2.05) is 11.3 Å². The van der Waals surface area contributed by atoms with E-state index in [9.17, 15) is 0 Å². The highest BCUT2D eigenvalue weighted by molar-refractivity contribution is 7.09. The van der Waals surface area contributed by atoms with Gasteiger partial charge in [0.15, 0.2) is 0 Å². The summed E-state index contributed by atoms with van der Waals surface area (Å²) in [6.45, 7) is 0. The van der Waals surface area contributed by atoms with Gasteiger partial charge in [-0.1, -0.05) is 6.07 Å². The number of nitrogens with one attached hydrogen (secondary N) is 1. The van der Waals surface area contributed by atoms with Crippen molar-refractivity contribution >= 4 is 11.3 Å². The van der Waals surface area contributed by atoms with Crippen molar-refractivity contribution in [3.63, 3.8) is 0 Å². The summed E-state index contributed by atoms with van der Waals surface area (Å²) in [5.74, 6) is 6.36. The molecule has 72 valence electrons. The van der Waals surface area contributed by atoms with Crippen molar-refractivity contribution < 1.29 is 0 Å². The number of thiophene rings is 1. The van der Waals surface area contributed by atoms with Crippen LogP contribution in [0.1, 0.15) is 24.1 Å². The predicted octanol–water partition coefficient (Wildman–Crippen LogP) is 1.92. The number of hydrogen-bond acceptors (Lipinski definition) is 3. The van der Waals surface area contributed by atoms with E-state index < -0.39 is 0 Å². The minimum atomic E-state index is 0.544. The standard InChI is InChI=1S/C10H16N2S/c11-12-10(8-3-4-8)6-5-9-2-1-7-13-9/h1-2,7-8,10,12H,3-6,11H2. The van der Waals surface area contributed by atoms with Crippen molar-refractivity contribution in [2.24, 2.45) is 11.8 Å². The van der Waals surface area contributed by atoms with Gasteiger partial charge in [-0.05, 0) is 43.0 Å². The number of aryl methyl sites for hydroxylation is 1. The van der Waals surface area contributed by atoms with Gasteiger partial charge in [0.2, 0.25) is 0 Å². The Morgan fingerprint density at radius 3 is 3.00 bits per heavy atom. The normalized spacial score (nSPS) is 18.8. The van der Waals surface area contributed by atoms with Gasteiger partial charge >= 0.3 is 0 Å². The van der Waals surface area contributed by atoms with Crippen molar-refractivity contribution in [1.29, 1.82) is 0 Å². The van der Waals surface area contributed by atoms with Gasteiger partial charge in [0.25, 0.3) is 0 Å². The molecular formula is C10H16N2S. The first-order chi connectivity index (χ1) is 6.40. The molecule has 1 fully saturated rings. The molecule has 0 aromatic carbocycles. The number of hydrazine groups is 1. The van der Waals surface area contributed by atoms with Crippen LogP contribution in [0.25, 0.3) is 0 Å². The van der Waals surface area contributed by atoms with Gasteiger partial charge < -0.3 is 0 Å². The number of rotatable bonds is 5. The number of hydrogen-bond donors (Lipinski definition) is 2. The lowest BCUT2D eigenvalue weighted by Crippen LogP contribution is -2.37. The monoisotopic (exact) mass is 196 g/mol. The molecule has 0 radical (unpaired) electrons. The Balaban J connectivity index is 1.77. The van der Waals surface area contributed by atoms with E-state index >= 15 is 0 Å². The molecule has 1 atom stereocenters. The third-order valence-electron chi connectivity index (χ3n) is 2.69. The van der Waals surface area contributed by atoms with E-state index in [-0.39, 0.29) is 0 Å². The van der Waals surface area contributed by atoms with Crippen LogP contribution in [-0.4, -0.2) is 6.04 Å². The first-order valence-electron chi connectivity index (χ1n) is 4.88. The summed E-state index contributed by atoms with van der Waals surface area (Å²) in [7, 11) is 0. The van der Waals surface area contributed by atoms with E-state index in [1.165, 1.54) is 30.6 Å². The fourth-order valence-corrected chi connectivity index (χ4v) is 2.43. The van der Waals surface area contributed by atoms with Gasteiger partial charge in [0.1, 0.15) is 0 Å². The molecule has 13 heavy (non-hydrogen) atoms. The first kappa shape index (κ1) is 9.19. The second kappa shape index (κ2) is 4.22. The molecule has 1 unspecified atom stereocenters. The highest BCUT2D eigenvalue weighted by atomic mass is 32.1. The molecule has 0 aliphatic heterocycles. The highest BCUT2D eigenvalue weighted by Crippen LogP contribution is 2.34. The van der Waals surface area contributed by atoms with Crippen LogP contribution < -0.4 is 11.3 Å². The molecule has 3 N–H and O–H groups in total. The van der Waals surface area contributed by atoms with E-state index in [4.69, 9.17) is 5.84 Å². The second-order valence-corrected chi connectivity index (χ2v) is 4.76. The smallest absolute Gasteiger partial charge is 0.0242 e. The van der Waals surface area contributed by atoms with Gasteiger partial charge in [-0.15, -0.1) is 11.3 Å². The van der Waals surface area contributed by atoms with Gasteiger partial charge in [-0.3, -0.25) is 11.3 Å². The Labute approximate surface area is 83.1 Å². The first-order valence-corrected chi connectivity index (χ1v) is 5.76. The Morgan fingerprint density at radius 1 is 1.62 bits per heavy atom. The second-order valence-electron chi connectivity index (χ2n) is 3.73. The van der Waals surface area contributed by atoms with E-state index in [0.717, 1.165) is 5.92 Å². The highest BCUT2D eigenvalue weighted by Gasteiger charge is 2.29. The zero-order valence-electron chi connectivity index (χ0n) is 7.70. The summed E-state index contributed by atoms with van der Waals surface area (Å²) in [6.07, 6.45) is 5.07. The van der Waals surface area contributed by atoms with Crippen molar-refractivity contribution in [3.8, 4) is 0 Å². The molecular weight excluding hydrogens is 180 g/mol. The summed E-state index contributed by atoms with van der Waals surface area (Å²) in [5, 5.41) is 2.14. The van der Waals surface area contributed by atoms with Crippen LogP contribution in [0, 0.1) is 5.92 Å². The summed E-state index contributed by atoms with van der Waals surface area (Å²) in [6, 6.07) is 4.86. The molecule has 0 saturated heterocycles. The lowest BCUT2D eigenvalue weighted by molar-refractivity contribution is 0.447. The maximum absolute atomic E-state index is 5.51. The van der Waals surface area contributed by atoms with Crippen LogP contribution in [0.15, 0.2) is 17.5 Å². The molecule has 1 aliphatic rings. The molecule has 3 heteroatoms. The SMILES string of the molecule is NNC(CCc1cccs1)C1CC1. The molecule has 0 amide bonds. The predicted molar refractivity (Wildman–Crippen MR) is 56.5 cm³/mol. The Bertz CT molecular complexity index is 241. The minimum Gasteiger partial charge on any atom is -0.271 e. The quantitative estimate of drug-likeness (QED) is 0.558. The van der Waals surface area contributed by atoms with Crippen LogP contribution in [0.3, 0.4) is 0 Å². The lowest BCUT2D eigenvalue weighted by Gasteiger charge is -2.13. The molecule has 0 bridgehead atoms. The van der Waals surface area contributed by atoms with Gasteiger partial charge in [0, 0.05) is 10.9 Å². The van der Waals surface area contributed by atoms with Gasteiger partial charge in [-0.25, -0.2) is 0 Å². The van der Waals surface area contributed by atoms with Crippen LogP contribution in [0.2, 0.25) is 0 Å². The average Bonchev–Trinajstić information content (AvgIpc) is 2.84. The summed E-state index contributed by atoms with van der Waals surface area (Å²) in [5.41, 5.74) is 2.93. The zero-order valence-corrected chi connectivity index (χ0v) is 8.52. The van der Waals surface area contributed by atoms with E-state index in [1.54, 1.807) is 0 Å². The van der Waals surface area contributed by atoms with Gasteiger partial charge in [-0.2, -0.15) is 0 Å². The molecule has 1 saturated carbocycles. The molecule has 2 rings (SSSR count). The van der Waals surface area contributed by atoms with Crippen molar-refractivity contribution in [2.75, 3.05) is 0 Å². The zero-order chi connectivity index (χ0) is 9.10. The molecule has 1 heterocycles. The van der Waals surface area contributed by atoms with Crippen molar-refractivity contribution in [3.05, 3.63) is 22.4 Å². The molecule has 0 spiro atoms. The lowest BCUT2D eigenvalue weighted by atomic mass is 10.1.